The first-order valence-corrected chi connectivity index (χ1v) is 4.80. The zero-order valence-electron chi connectivity index (χ0n) is 8.77. The zero-order valence-corrected chi connectivity index (χ0v) is 8.77. The van der Waals surface area contributed by atoms with Crippen LogP contribution in [0.1, 0.15) is 5.56 Å². The van der Waals surface area contributed by atoms with Crippen LogP contribution >= 0.6 is 0 Å². The van der Waals surface area contributed by atoms with Crippen molar-refractivity contribution >= 4 is 18.1 Å². The summed E-state index contributed by atoms with van der Waals surface area (Å²) < 4.78 is 25.2. The standard InChI is InChI=1S/C9H10F2N6/c10-9(11)3-17(4-9)8-14-1-6(2-15-8)7(13)16-5-12/h1-2,5H,3-4H2,(H3,12,13,16). The predicted molar refractivity (Wildman–Crippen MR) is 58.7 cm³/mol. The Morgan fingerprint density at radius 1 is 1.47 bits per heavy atom. The van der Waals surface area contributed by atoms with Crippen molar-refractivity contribution < 1.29 is 8.78 Å². The number of nitrogens with zero attached hydrogens (tertiary/aromatic N) is 4. The summed E-state index contributed by atoms with van der Waals surface area (Å²) in [6, 6.07) is 0. The molecule has 0 bridgehead atoms. The maximum absolute atomic E-state index is 12.6. The van der Waals surface area contributed by atoms with Crippen LogP contribution in [-0.2, 0) is 0 Å². The minimum Gasteiger partial charge on any atom is -0.390 e. The molecule has 0 spiro atoms. The quantitative estimate of drug-likeness (QED) is 0.572. The van der Waals surface area contributed by atoms with Crippen molar-refractivity contribution in [2.75, 3.05) is 18.0 Å². The molecule has 1 aliphatic rings. The first kappa shape index (κ1) is 11.4. The lowest BCUT2D eigenvalue weighted by molar-refractivity contribution is -0.0271. The molecule has 2 heterocycles. The summed E-state index contributed by atoms with van der Waals surface area (Å²) >= 11 is 0. The van der Waals surface area contributed by atoms with E-state index in [4.69, 9.17) is 11.1 Å². The average Bonchev–Trinajstić information content (AvgIpc) is 2.26. The van der Waals surface area contributed by atoms with Crippen LogP contribution in [0, 0.1) is 5.41 Å². The Balaban J connectivity index is 2.07. The van der Waals surface area contributed by atoms with Crippen LogP contribution in [0.4, 0.5) is 14.7 Å². The minimum absolute atomic E-state index is 0.0759. The summed E-state index contributed by atoms with van der Waals surface area (Å²) in [6.45, 7) is -0.741. The van der Waals surface area contributed by atoms with E-state index in [-0.39, 0.29) is 24.9 Å². The zero-order chi connectivity index (χ0) is 12.5. The second-order valence-electron chi connectivity index (χ2n) is 3.61. The molecule has 0 aromatic carbocycles. The third kappa shape index (κ3) is 2.35. The Bertz CT molecular complexity index is 447. The highest BCUT2D eigenvalue weighted by Crippen LogP contribution is 2.29. The van der Waals surface area contributed by atoms with Crippen molar-refractivity contribution in [1.29, 1.82) is 5.41 Å². The van der Waals surface area contributed by atoms with E-state index in [0.717, 1.165) is 6.34 Å². The molecule has 6 nitrogen and oxygen atoms in total. The Labute approximate surface area is 95.7 Å². The van der Waals surface area contributed by atoms with Crippen LogP contribution in [0.15, 0.2) is 17.4 Å². The fourth-order valence-corrected chi connectivity index (χ4v) is 1.41. The summed E-state index contributed by atoms with van der Waals surface area (Å²) in [5, 5.41) is 7.44. The number of aliphatic imine (C=N–C) groups is 1. The van der Waals surface area contributed by atoms with Gasteiger partial charge in [0, 0.05) is 12.4 Å². The van der Waals surface area contributed by atoms with Gasteiger partial charge in [0.2, 0.25) is 5.95 Å². The topological polar surface area (TPSA) is 91.2 Å². The van der Waals surface area contributed by atoms with Gasteiger partial charge < -0.3 is 10.6 Å². The Morgan fingerprint density at radius 2 is 2.06 bits per heavy atom. The van der Waals surface area contributed by atoms with Gasteiger partial charge in [0.1, 0.15) is 0 Å². The van der Waals surface area contributed by atoms with Crippen LogP contribution in [0.3, 0.4) is 0 Å². The van der Waals surface area contributed by atoms with E-state index in [0.29, 0.717) is 5.56 Å². The number of alkyl halides is 2. The highest BCUT2D eigenvalue weighted by atomic mass is 19.3. The SMILES string of the molecule is N=C(N=CN)c1cnc(N2CC(F)(F)C2)nc1. The molecule has 0 radical (unpaired) electrons. The number of hydrogen-bond acceptors (Lipinski definition) is 4. The summed E-state index contributed by atoms with van der Waals surface area (Å²) in [5.41, 5.74) is 5.42. The fourth-order valence-electron chi connectivity index (χ4n) is 1.41. The first-order chi connectivity index (χ1) is 8.02. The molecule has 1 saturated heterocycles. The molecule has 2 rings (SSSR count). The summed E-state index contributed by atoms with van der Waals surface area (Å²) in [4.78, 5) is 12.7. The summed E-state index contributed by atoms with van der Waals surface area (Å²) in [7, 11) is 0. The van der Waals surface area contributed by atoms with Gasteiger partial charge in [-0.3, -0.25) is 5.41 Å². The number of nitrogens with one attached hydrogen (secondary N) is 1. The summed E-state index contributed by atoms with van der Waals surface area (Å²) in [6.07, 6.45) is 3.70. The van der Waals surface area contributed by atoms with Gasteiger partial charge in [-0.25, -0.2) is 23.7 Å². The van der Waals surface area contributed by atoms with E-state index in [2.05, 4.69) is 15.0 Å². The fraction of sp³-hybridized carbons (Fsp3) is 0.333. The van der Waals surface area contributed by atoms with Crippen molar-refractivity contribution in [2.45, 2.75) is 5.92 Å². The molecule has 1 fully saturated rings. The van der Waals surface area contributed by atoms with Gasteiger partial charge in [-0.15, -0.1) is 0 Å². The van der Waals surface area contributed by atoms with Crippen molar-refractivity contribution in [3.63, 3.8) is 0 Å². The number of nitrogens with two attached hydrogens (primary N) is 1. The number of anilines is 1. The van der Waals surface area contributed by atoms with Gasteiger partial charge in [0.15, 0.2) is 5.84 Å². The van der Waals surface area contributed by atoms with E-state index in [1.54, 1.807) is 0 Å². The molecule has 90 valence electrons. The summed E-state index contributed by atoms with van der Waals surface area (Å²) in [5.74, 6) is -2.50. The Kier molecular flexibility index (Phi) is 2.70. The third-order valence-corrected chi connectivity index (χ3v) is 2.24. The van der Waals surface area contributed by atoms with E-state index in [1.165, 1.54) is 17.3 Å². The number of rotatable bonds is 2. The highest BCUT2D eigenvalue weighted by Gasteiger charge is 2.45. The molecule has 1 aromatic heterocycles. The maximum Gasteiger partial charge on any atom is 0.282 e. The second-order valence-corrected chi connectivity index (χ2v) is 3.61. The van der Waals surface area contributed by atoms with Gasteiger partial charge >= 0.3 is 0 Å². The lowest BCUT2D eigenvalue weighted by Crippen LogP contribution is -2.57. The van der Waals surface area contributed by atoms with Crippen LogP contribution in [0.25, 0.3) is 0 Å². The monoisotopic (exact) mass is 240 g/mol. The molecule has 3 N–H and O–H groups in total. The van der Waals surface area contributed by atoms with Gasteiger partial charge in [0.25, 0.3) is 5.92 Å². The molecule has 17 heavy (non-hydrogen) atoms. The van der Waals surface area contributed by atoms with Crippen molar-refractivity contribution in [3.8, 4) is 0 Å². The molecule has 0 aliphatic carbocycles. The molecule has 1 aromatic rings. The van der Waals surface area contributed by atoms with Gasteiger partial charge in [-0.05, 0) is 0 Å². The second kappa shape index (κ2) is 4.04. The smallest absolute Gasteiger partial charge is 0.282 e. The predicted octanol–water partition coefficient (Wildman–Crippen LogP) is 0.244. The molecular weight excluding hydrogens is 230 g/mol. The third-order valence-electron chi connectivity index (χ3n) is 2.24. The van der Waals surface area contributed by atoms with E-state index >= 15 is 0 Å². The molecule has 8 heteroatoms. The lowest BCUT2D eigenvalue weighted by atomic mass is 10.2. The Morgan fingerprint density at radius 3 is 2.53 bits per heavy atom. The molecule has 0 amide bonds. The average molecular weight is 240 g/mol. The highest BCUT2D eigenvalue weighted by molar-refractivity contribution is 5.99. The lowest BCUT2D eigenvalue weighted by Gasteiger charge is -2.38. The van der Waals surface area contributed by atoms with Crippen molar-refractivity contribution in [2.24, 2.45) is 10.7 Å². The first-order valence-electron chi connectivity index (χ1n) is 4.80. The number of amidine groups is 1. The molecule has 0 unspecified atom stereocenters. The molecular formula is C9H10F2N6. The normalized spacial score (nSPS) is 18.1. The largest absolute Gasteiger partial charge is 0.390 e. The van der Waals surface area contributed by atoms with Crippen LogP contribution in [0.5, 0.6) is 0 Å². The van der Waals surface area contributed by atoms with Gasteiger partial charge in [-0.2, -0.15) is 0 Å². The number of hydrogen-bond donors (Lipinski definition) is 2. The molecule has 0 atom stereocenters. The van der Waals surface area contributed by atoms with Crippen LogP contribution < -0.4 is 10.6 Å². The van der Waals surface area contributed by atoms with Crippen molar-refractivity contribution in [1.82, 2.24) is 9.97 Å². The van der Waals surface area contributed by atoms with Gasteiger partial charge in [-0.1, -0.05) is 0 Å². The number of halogens is 2. The molecule has 1 aliphatic heterocycles. The van der Waals surface area contributed by atoms with Crippen LogP contribution in [-0.4, -0.2) is 41.2 Å². The van der Waals surface area contributed by atoms with E-state index in [9.17, 15) is 8.78 Å². The van der Waals surface area contributed by atoms with Gasteiger partial charge in [0.05, 0.1) is 25.0 Å². The van der Waals surface area contributed by atoms with Crippen LogP contribution in [0.2, 0.25) is 0 Å². The van der Waals surface area contributed by atoms with E-state index in [1.807, 2.05) is 0 Å². The number of aromatic nitrogens is 2. The van der Waals surface area contributed by atoms with E-state index < -0.39 is 5.92 Å². The molecule has 0 saturated carbocycles. The minimum atomic E-state index is -2.65. The Hall–Kier alpha value is -2.12. The maximum atomic E-state index is 12.6. The van der Waals surface area contributed by atoms with Crippen molar-refractivity contribution in [3.05, 3.63) is 18.0 Å².